The maximum absolute atomic E-state index is 11.8. The number of aliphatic carboxylic acids is 1. The summed E-state index contributed by atoms with van der Waals surface area (Å²) >= 11 is 0. The number of carboxylic acid groups (broad SMARTS) is 1. The molecule has 0 radical (unpaired) electrons. The summed E-state index contributed by atoms with van der Waals surface area (Å²) in [6.07, 6.45) is 3.19. The quantitative estimate of drug-likeness (QED) is 0.818. The fourth-order valence-corrected chi connectivity index (χ4v) is 2.64. The van der Waals surface area contributed by atoms with Crippen LogP contribution in [0.15, 0.2) is 18.2 Å². The Morgan fingerprint density at radius 3 is 2.06 bits per heavy atom. The van der Waals surface area contributed by atoms with Crippen molar-refractivity contribution in [2.24, 2.45) is 0 Å². The van der Waals surface area contributed by atoms with Crippen LogP contribution in [0.2, 0.25) is 0 Å². The molecule has 0 saturated heterocycles. The second-order valence-corrected chi connectivity index (χ2v) is 5.19. The number of carboxylic acids is 1. The van der Waals surface area contributed by atoms with Crippen molar-refractivity contribution in [2.75, 3.05) is 0 Å². The normalized spacial score (nSPS) is 11.6. The van der Waals surface area contributed by atoms with Gasteiger partial charge in [0.15, 0.2) is 0 Å². The van der Waals surface area contributed by atoms with E-state index in [1.165, 1.54) is 11.1 Å². The van der Waals surface area contributed by atoms with Crippen LogP contribution in [0, 0.1) is 13.8 Å². The van der Waals surface area contributed by atoms with Crippen LogP contribution in [0.5, 0.6) is 0 Å². The first-order valence-electron chi connectivity index (χ1n) is 6.79. The number of benzene rings is 1. The lowest BCUT2D eigenvalue weighted by Gasteiger charge is -2.30. The van der Waals surface area contributed by atoms with Crippen LogP contribution in [-0.2, 0) is 10.2 Å². The minimum Gasteiger partial charge on any atom is -0.481 e. The Hall–Kier alpha value is -1.31. The molecule has 2 heteroatoms. The van der Waals surface area contributed by atoms with Gasteiger partial charge in [-0.1, -0.05) is 44.9 Å². The number of rotatable bonds is 6. The molecule has 1 N–H and O–H groups in total. The molecule has 0 saturated carbocycles. The summed E-state index contributed by atoms with van der Waals surface area (Å²) in [7, 11) is 0. The smallest absolute Gasteiger partial charge is 0.314 e. The lowest BCUT2D eigenvalue weighted by Crippen LogP contribution is -2.35. The van der Waals surface area contributed by atoms with Gasteiger partial charge in [-0.25, -0.2) is 0 Å². The standard InChI is InChI=1S/C16H24O2/c1-5-9-16(10-6-2,15(17)18)14-8-7-12(3)13(4)11-14/h7-8,11H,5-6,9-10H2,1-4H3,(H,17,18). The van der Waals surface area contributed by atoms with Crippen molar-refractivity contribution in [3.63, 3.8) is 0 Å². The second-order valence-electron chi connectivity index (χ2n) is 5.19. The first-order chi connectivity index (χ1) is 8.47. The largest absolute Gasteiger partial charge is 0.481 e. The van der Waals surface area contributed by atoms with Gasteiger partial charge in [0, 0.05) is 0 Å². The van der Waals surface area contributed by atoms with Crippen LogP contribution in [-0.4, -0.2) is 11.1 Å². The zero-order chi connectivity index (χ0) is 13.8. The van der Waals surface area contributed by atoms with E-state index in [4.69, 9.17) is 0 Å². The van der Waals surface area contributed by atoms with E-state index in [1.54, 1.807) is 0 Å². The van der Waals surface area contributed by atoms with Gasteiger partial charge in [-0.3, -0.25) is 4.79 Å². The van der Waals surface area contributed by atoms with Crippen molar-refractivity contribution < 1.29 is 9.90 Å². The summed E-state index contributed by atoms with van der Waals surface area (Å²) in [5.74, 6) is -0.686. The number of hydrogen-bond donors (Lipinski definition) is 1. The minimum atomic E-state index is -0.706. The van der Waals surface area contributed by atoms with Crippen molar-refractivity contribution in [1.82, 2.24) is 0 Å². The van der Waals surface area contributed by atoms with Crippen LogP contribution in [0.3, 0.4) is 0 Å². The Morgan fingerprint density at radius 1 is 1.11 bits per heavy atom. The number of aryl methyl sites for hydroxylation is 2. The molecule has 18 heavy (non-hydrogen) atoms. The van der Waals surface area contributed by atoms with Crippen molar-refractivity contribution in [1.29, 1.82) is 0 Å². The third-order valence-electron chi connectivity index (χ3n) is 3.82. The van der Waals surface area contributed by atoms with Crippen LogP contribution < -0.4 is 0 Å². The maximum Gasteiger partial charge on any atom is 0.314 e. The van der Waals surface area contributed by atoms with Gasteiger partial charge in [-0.15, -0.1) is 0 Å². The van der Waals surface area contributed by atoms with E-state index in [9.17, 15) is 9.90 Å². The number of hydrogen-bond acceptors (Lipinski definition) is 1. The molecule has 0 atom stereocenters. The fraction of sp³-hybridized carbons (Fsp3) is 0.562. The van der Waals surface area contributed by atoms with E-state index in [1.807, 2.05) is 32.9 Å². The molecule has 0 aliphatic carbocycles. The van der Waals surface area contributed by atoms with Gasteiger partial charge in [0.1, 0.15) is 0 Å². The highest BCUT2D eigenvalue weighted by molar-refractivity contribution is 5.81. The third kappa shape index (κ3) is 2.74. The van der Waals surface area contributed by atoms with Gasteiger partial charge in [0.2, 0.25) is 0 Å². The molecule has 0 aromatic heterocycles. The summed E-state index contributed by atoms with van der Waals surface area (Å²) in [4.78, 5) is 11.8. The van der Waals surface area contributed by atoms with Crippen molar-refractivity contribution in [3.05, 3.63) is 34.9 Å². The average molecular weight is 248 g/mol. The topological polar surface area (TPSA) is 37.3 Å². The maximum atomic E-state index is 11.8. The van der Waals surface area contributed by atoms with Crippen molar-refractivity contribution in [3.8, 4) is 0 Å². The summed E-state index contributed by atoms with van der Waals surface area (Å²) in [5, 5.41) is 9.70. The minimum absolute atomic E-state index is 0.686. The van der Waals surface area contributed by atoms with E-state index in [2.05, 4.69) is 13.0 Å². The Morgan fingerprint density at radius 2 is 1.67 bits per heavy atom. The molecule has 0 unspecified atom stereocenters. The first kappa shape index (κ1) is 14.7. The molecule has 0 aliphatic heterocycles. The highest BCUT2D eigenvalue weighted by atomic mass is 16.4. The van der Waals surface area contributed by atoms with Crippen molar-refractivity contribution in [2.45, 2.75) is 58.8 Å². The van der Waals surface area contributed by atoms with Gasteiger partial charge in [0.25, 0.3) is 0 Å². The third-order valence-corrected chi connectivity index (χ3v) is 3.82. The molecule has 1 aromatic carbocycles. The fourth-order valence-electron chi connectivity index (χ4n) is 2.64. The molecule has 0 fully saturated rings. The molecule has 0 spiro atoms. The Bertz CT molecular complexity index is 415. The second kappa shape index (κ2) is 6.03. The molecule has 1 rings (SSSR count). The van der Waals surface area contributed by atoms with Crippen LogP contribution in [0.1, 0.15) is 56.2 Å². The van der Waals surface area contributed by atoms with E-state index >= 15 is 0 Å². The molecule has 0 heterocycles. The summed E-state index contributed by atoms with van der Waals surface area (Å²) in [5.41, 5.74) is 2.64. The van der Waals surface area contributed by atoms with Gasteiger partial charge in [0.05, 0.1) is 5.41 Å². The van der Waals surface area contributed by atoms with Crippen molar-refractivity contribution >= 4 is 5.97 Å². The summed E-state index contributed by atoms with van der Waals surface area (Å²) in [6.45, 7) is 8.20. The molecule has 1 aromatic rings. The monoisotopic (exact) mass is 248 g/mol. The Labute approximate surface area is 110 Å². The lowest BCUT2D eigenvalue weighted by atomic mass is 9.73. The Kier molecular flexibility index (Phi) is 4.94. The Balaban J connectivity index is 3.30. The zero-order valence-electron chi connectivity index (χ0n) is 11.9. The summed E-state index contributed by atoms with van der Waals surface area (Å²) in [6, 6.07) is 6.07. The van der Waals surface area contributed by atoms with Gasteiger partial charge < -0.3 is 5.11 Å². The lowest BCUT2D eigenvalue weighted by molar-refractivity contribution is -0.144. The SMILES string of the molecule is CCCC(CCC)(C(=O)O)c1ccc(C)c(C)c1. The van der Waals surface area contributed by atoms with Crippen LogP contribution in [0.25, 0.3) is 0 Å². The van der Waals surface area contributed by atoms with E-state index in [0.29, 0.717) is 12.8 Å². The van der Waals surface area contributed by atoms with Gasteiger partial charge >= 0.3 is 5.97 Å². The number of carbonyl (C=O) groups is 1. The predicted molar refractivity (Wildman–Crippen MR) is 75.0 cm³/mol. The molecule has 100 valence electrons. The molecular weight excluding hydrogens is 224 g/mol. The summed E-state index contributed by atoms with van der Waals surface area (Å²) < 4.78 is 0. The van der Waals surface area contributed by atoms with Gasteiger partial charge in [-0.2, -0.15) is 0 Å². The molecule has 0 bridgehead atoms. The van der Waals surface area contributed by atoms with Crippen LogP contribution in [0.4, 0.5) is 0 Å². The molecular formula is C16H24O2. The molecule has 0 amide bonds. The van der Waals surface area contributed by atoms with E-state index in [0.717, 1.165) is 18.4 Å². The molecule has 0 aliphatic rings. The molecule has 2 nitrogen and oxygen atoms in total. The highest BCUT2D eigenvalue weighted by Crippen LogP contribution is 2.35. The van der Waals surface area contributed by atoms with Crippen LogP contribution >= 0.6 is 0 Å². The van der Waals surface area contributed by atoms with E-state index in [-0.39, 0.29) is 0 Å². The average Bonchev–Trinajstić information content (AvgIpc) is 2.32. The predicted octanol–water partition coefficient (Wildman–Crippen LogP) is 4.23. The zero-order valence-corrected chi connectivity index (χ0v) is 11.9. The van der Waals surface area contributed by atoms with E-state index < -0.39 is 11.4 Å². The van der Waals surface area contributed by atoms with Gasteiger partial charge in [-0.05, 0) is 43.4 Å². The highest BCUT2D eigenvalue weighted by Gasteiger charge is 2.38. The first-order valence-corrected chi connectivity index (χ1v) is 6.79.